The van der Waals surface area contributed by atoms with Gasteiger partial charge < -0.3 is 14.6 Å². The van der Waals surface area contributed by atoms with Crippen LogP contribution in [0.25, 0.3) is 0 Å². The fourth-order valence-electron chi connectivity index (χ4n) is 1.95. The molecule has 1 atom stereocenters. The number of hydrogen-bond acceptors (Lipinski definition) is 3. The molecule has 0 radical (unpaired) electrons. The largest absolute Gasteiger partial charge is 0.393 e. The van der Waals surface area contributed by atoms with E-state index >= 15 is 0 Å². The lowest BCUT2D eigenvalue weighted by Crippen LogP contribution is -2.46. The maximum Gasteiger partial charge on any atom is 0.170 e. The fourth-order valence-corrected chi connectivity index (χ4v) is 1.95. The number of hydrogen-bond donors (Lipinski definition) is 1. The minimum absolute atomic E-state index is 0.124. The van der Waals surface area contributed by atoms with Crippen molar-refractivity contribution in [2.45, 2.75) is 45.0 Å². The Balaban J connectivity index is 1.97. The molecule has 0 bridgehead atoms. The molecule has 1 saturated heterocycles. The van der Waals surface area contributed by atoms with Crippen LogP contribution >= 0.6 is 0 Å². The molecule has 0 aromatic rings. The summed E-state index contributed by atoms with van der Waals surface area (Å²) in [6.07, 6.45) is 2.05. The monoisotopic (exact) mass is 186 g/mol. The van der Waals surface area contributed by atoms with Crippen molar-refractivity contribution in [1.82, 2.24) is 0 Å². The highest BCUT2D eigenvalue weighted by Crippen LogP contribution is 2.40. The Bertz CT molecular complexity index is 190. The third-order valence-corrected chi connectivity index (χ3v) is 2.86. The predicted octanol–water partition coefficient (Wildman–Crippen LogP) is 1.30. The van der Waals surface area contributed by atoms with Crippen LogP contribution in [0.2, 0.25) is 0 Å². The molecule has 3 nitrogen and oxygen atoms in total. The quantitative estimate of drug-likeness (QED) is 0.619. The van der Waals surface area contributed by atoms with E-state index in [1.54, 1.807) is 0 Å². The zero-order valence-electron chi connectivity index (χ0n) is 8.38. The number of rotatable bonds is 0. The SMILES string of the molecule is CC1(C)COC2(CCC(O)C2)OC1. The predicted molar refractivity (Wildman–Crippen MR) is 48.3 cm³/mol. The van der Waals surface area contributed by atoms with E-state index in [1.165, 1.54) is 0 Å². The molecule has 0 aromatic heterocycles. The van der Waals surface area contributed by atoms with Crippen LogP contribution in [0.5, 0.6) is 0 Å². The van der Waals surface area contributed by atoms with Crippen LogP contribution in [-0.4, -0.2) is 30.2 Å². The van der Waals surface area contributed by atoms with E-state index in [0.717, 1.165) is 26.1 Å². The first-order valence-corrected chi connectivity index (χ1v) is 4.97. The molecule has 1 aliphatic carbocycles. The molecule has 2 rings (SSSR count). The van der Waals surface area contributed by atoms with Crippen LogP contribution in [0.4, 0.5) is 0 Å². The Kier molecular flexibility index (Phi) is 2.13. The van der Waals surface area contributed by atoms with E-state index in [1.807, 2.05) is 0 Å². The average molecular weight is 186 g/mol. The van der Waals surface area contributed by atoms with Crippen LogP contribution in [0.1, 0.15) is 33.1 Å². The Labute approximate surface area is 79.0 Å². The number of aliphatic hydroxyl groups excluding tert-OH is 1. The van der Waals surface area contributed by atoms with Crippen molar-refractivity contribution in [1.29, 1.82) is 0 Å². The number of ether oxygens (including phenoxy) is 2. The van der Waals surface area contributed by atoms with Crippen LogP contribution < -0.4 is 0 Å². The van der Waals surface area contributed by atoms with Gasteiger partial charge in [-0.2, -0.15) is 0 Å². The summed E-state index contributed by atoms with van der Waals surface area (Å²) in [5.41, 5.74) is 0.124. The van der Waals surface area contributed by atoms with Gasteiger partial charge >= 0.3 is 0 Å². The van der Waals surface area contributed by atoms with Gasteiger partial charge in [-0.25, -0.2) is 0 Å². The zero-order valence-corrected chi connectivity index (χ0v) is 8.38. The van der Waals surface area contributed by atoms with Gasteiger partial charge in [-0.15, -0.1) is 0 Å². The Morgan fingerprint density at radius 1 is 1.23 bits per heavy atom. The lowest BCUT2D eigenvalue weighted by Gasteiger charge is -2.41. The topological polar surface area (TPSA) is 38.7 Å². The third kappa shape index (κ3) is 1.87. The maximum atomic E-state index is 9.42. The summed E-state index contributed by atoms with van der Waals surface area (Å²) in [6, 6.07) is 0. The minimum Gasteiger partial charge on any atom is -0.393 e. The van der Waals surface area contributed by atoms with Gasteiger partial charge in [0.2, 0.25) is 0 Å². The van der Waals surface area contributed by atoms with Gasteiger partial charge in [-0.1, -0.05) is 13.8 Å². The Morgan fingerprint density at radius 3 is 2.31 bits per heavy atom. The molecule has 76 valence electrons. The van der Waals surface area contributed by atoms with Crippen molar-refractivity contribution in [3.63, 3.8) is 0 Å². The lowest BCUT2D eigenvalue weighted by molar-refractivity contribution is -0.296. The van der Waals surface area contributed by atoms with Crippen LogP contribution in [0.15, 0.2) is 0 Å². The van der Waals surface area contributed by atoms with Gasteiger partial charge in [0, 0.05) is 18.3 Å². The molecular weight excluding hydrogens is 168 g/mol. The highest BCUT2D eigenvalue weighted by Gasteiger charge is 2.45. The third-order valence-electron chi connectivity index (χ3n) is 2.86. The average Bonchev–Trinajstić information content (AvgIpc) is 2.41. The summed E-state index contributed by atoms with van der Waals surface area (Å²) < 4.78 is 11.5. The first kappa shape index (κ1) is 9.44. The standard InChI is InChI=1S/C10H18O3/c1-9(2)6-12-10(13-7-9)4-3-8(11)5-10/h8,11H,3-7H2,1-2H3. The molecule has 1 heterocycles. The molecule has 0 aromatic carbocycles. The first-order valence-electron chi connectivity index (χ1n) is 4.97. The van der Waals surface area contributed by atoms with E-state index in [4.69, 9.17) is 9.47 Å². The van der Waals surface area contributed by atoms with E-state index in [9.17, 15) is 5.11 Å². The summed E-state index contributed by atoms with van der Waals surface area (Å²) in [5, 5.41) is 9.42. The van der Waals surface area contributed by atoms with Crippen molar-refractivity contribution < 1.29 is 14.6 Å². The molecule has 1 saturated carbocycles. The first-order chi connectivity index (χ1) is 6.02. The van der Waals surface area contributed by atoms with Gasteiger partial charge in [0.05, 0.1) is 19.3 Å². The van der Waals surface area contributed by atoms with Crippen LogP contribution in [-0.2, 0) is 9.47 Å². The lowest BCUT2D eigenvalue weighted by atomic mass is 9.94. The molecule has 2 aliphatic rings. The van der Waals surface area contributed by atoms with Crippen molar-refractivity contribution in [2.75, 3.05) is 13.2 Å². The molecule has 3 heteroatoms. The summed E-state index contributed by atoms with van der Waals surface area (Å²) in [5.74, 6) is -0.449. The van der Waals surface area contributed by atoms with Crippen molar-refractivity contribution in [2.24, 2.45) is 5.41 Å². The van der Waals surface area contributed by atoms with E-state index < -0.39 is 5.79 Å². The smallest absolute Gasteiger partial charge is 0.170 e. The summed E-state index contributed by atoms with van der Waals surface area (Å²) in [7, 11) is 0. The van der Waals surface area contributed by atoms with Gasteiger partial charge in [0.1, 0.15) is 0 Å². The second-order valence-corrected chi connectivity index (χ2v) is 5.05. The second kappa shape index (κ2) is 2.94. The molecule has 0 amide bonds. The van der Waals surface area contributed by atoms with Gasteiger partial charge in [0.15, 0.2) is 5.79 Å². The summed E-state index contributed by atoms with van der Waals surface area (Å²) in [6.45, 7) is 5.73. The van der Waals surface area contributed by atoms with Crippen molar-refractivity contribution in [3.8, 4) is 0 Å². The van der Waals surface area contributed by atoms with Crippen LogP contribution in [0.3, 0.4) is 0 Å². The van der Waals surface area contributed by atoms with Gasteiger partial charge in [-0.3, -0.25) is 0 Å². The molecule has 13 heavy (non-hydrogen) atoms. The van der Waals surface area contributed by atoms with E-state index in [-0.39, 0.29) is 11.5 Å². The molecule has 2 fully saturated rings. The summed E-state index contributed by atoms with van der Waals surface area (Å²) in [4.78, 5) is 0. The zero-order chi connectivity index (χ0) is 9.53. The molecule has 1 spiro atoms. The molecule has 1 aliphatic heterocycles. The molecule has 1 unspecified atom stereocenters. The molecular formula is C10H18O3. The Morgan fingerprint density at radius 2 is 1.85 bits per heavy atom. The summed E-state index contributed by atoms with van der Waals surface area (Å²) >= 11 is 0. The van der Waals surface area contributed by atoms with Gasteiger partial charge in [0.25, 0.3) is 0 Å². The molecule has 1 N–H and O–H groups in total. The Hall–Kier alpha value is -0.120. The van der Waals surface area contributed by atoms with E-state index in [0.29, 0.717) is 6.42 Å². The number of aliphatic hydroxyl groups is 1. The normalized spacial score (nSPS) is 36.7. The van der Waals surface area contributed by atoms with Gasteiger partial charge in [-0.05, 0) is 6.42 Å². The highest BCUT2D eigenvalue weighted by molar-refractivity contribution is 4.87. The van der Waals surface area contributed by atoms with E-state index in [2.05, 4.69) is 13.8 Å². The van der Waals surface area contributed by atoms with Crippen LogP contribution in [0, 0.1) is 5.41 Å². The fraction of sp³-hybridized carbons (Fsp3) is 1.00. The van der Waals surface area contributed by atoms with Crippen molar-refractivity contribution >= 4 is 0 Å². The second-order valence-electron chi connectivity index (χ2n) is 5.05. The minimum atomic E-state index is -0.449. The highest BCUT2D eigenvalue weighted by atomic mass is 16.7. The maximum absolute atomic E-state index is 9.42. The van der Waals surface area contributed by atoms with Crippen molar-refractivity contribution in [3.05, 3.63) is 0 Å².